The molecule has 0 fully saturated rings. The summed E-state index contributed by atoms with van der Waals surface area (Å²) in [6, 6.07) is 0. The van der Waals surface area contributed by atoms with E-state index in [4.69, 9.17) is 0 Å². The average Bonchev–Trinajstić information content (AvgIpc) is 2.13. The van der Waals surface area contributed by atoms with Crippen molar-refractivity contribution in [2.75, 3.05) is 0 Å². The zero-order chi connectivity index (χ0) is 6.85. The van der Waals surface area contributed by atoms with Crippen LogP contribution in [0.5, 0.6) is 0 Å². The van der Waals surface area contributed by atoms with Crippen LogP contribution in [0.2, 0.25) is 0 Å². The van der Waals surface area contributed by atoms with Crippen LogP contribution < -0.4 is 0 Å². The molecular weight excluding hydrogens is 263 g/mol. The number of hydrogen-bond donors (Lipinski definition) is 0. The molecule has 0 unspecified atom stereocenters. The van der Waals surface area contributed by atoms with Gasteiger partial charge in [-0.25, -0.2) is 0 Å². The van der Waals surface area contributed by atoms with Gasteiger partial charge >= 0.3 is 81.0 Å². The molecule has 0 nitrogen and oxygen atoms in total. The van der Waals surface area contributed by atoms with Crippen molar-refractivity contribution >= 4 is 0 Å². The summed E-state index contributed by atoms with van der Waals surface area (Å²) in [6.45, 7) is 4.46. The van der Waals surface area contributed by atoms with Gasteiger partial charge in [0, 0.05) is 0 Å². The Bertz CT molecular complexity index is 163. The molecule has 0 amide bonds. The Hall–Kier alpha value is 0.727. The Balaban J connectivity index is 2.77. The van der Waals surface area contributed by atoms with Gasteiger partial charge in [-0.05, 0) is 0 Å². The molecule has 0 aromatic carbocycles. The second-order valence-electron chi connectivity index (χ2n) is 2.57. The fourth-order valence-corrected chi connectivity index (χ4v) is 1.87. The first kappa shape index (κ1) is 7.83. The molecule has 0 heterocycles. The van der Waals surface area contributed by atoms with E-state index in [0.717, 1.165) is 6.42 Å². The summed E-state index contributed by atoms with van der Waals surface area (Å²) in [5, 5.41) is 0. The van der Waals surface area contributed by atoms with E-state index in [-0.39, 0.29) is 0 Å². The van der Waals surface area contributed by atoms with Crippen LogP contribution in [0, 0.1) is 41.3 Å². The number of rotatable bonds is 1. The summed E-state index contributed by atoms with van der Waals surface area (Å²) >= 11 is 2.80. The van der Waals surface area contributed by atoms with Gasteiger partial charge in [0.15, 0.2) is 0 Å². The fourth-order valence-electron chi connectivity index (χ4n) is 0.960. The van der Waals surface area contributed by atoms with E-state index in [1.807, 2.05) is 0 Å². The molecule has 0 aromatic heterocycles. The van der Waals surface area contributed by atoms with Crippen LogP contribution in [0.15, 0.2) is 19.5 Å². The predicted octanol–water partition coefficient (Wildman–Crippen LogP) is 2.41. The van der Waals surface area contributed by atoms with Crippen LogP contribution in [0.4, 0.5) is 0 Å². The minimum absolute atomic E-state index is 0.691. The Morgan fingerprint density at radius 1 is 1.56 bits per heavy atom. The first-order chi connectivity index (χ1) is 4.22. The zero-order valence-electron chi connectivity index (χ0n) is 5.73. The summed E-state index contributed by atoms with van der Waals surface area (Å²) in [4.78, 5) is 0. The third-order valence-electron chi connectivity index (χ3n) is 1.49. The number of allylic oxidation sites excluding steroid dienone is 4. The normalized spacial score (nSPS) is 18.3. The summed E-state index contributed by atoms with van der Waals surface area (Å²) < 4.78 is 1.46. The van der Waals surface area contributed by atoms with Crippen molar-refractivity contribution < 1.29 is 35.4 Å². The molecule has 55 valence electrons. The van der Waals surface area contributed by atoms with Gasteiger partial charge < -0.3 is 0 Å². The first-order valence-electron chi connectivity index (χ1n) is 3.22. The molecule has 0 atom stereocenters. The molecule has 1 rings (SSSR count). The van der Waals surface area contributed by atoms with Crippen molar-refractivity contribution in [2.24, 2.45) is 5.92 Å². The van der Waals surface area contributed by atoms with Gasteiger partial charge in [0.05, 0.1) is 0 Å². The summed E-state index contributed by atoms with van der Waals surface area (Å²) in [6.07, 6.45) is 5.59. The van der Waals surface area contributed by atoms with Crippen LogP contribution in [-0.2, 0) is 0 Å². The molecular formula is C8H11Er. The molecule has 0 spiro atoms. The molecule has 0 N–H and O–H groups in total. The van der Waals surface area contributed by atoms with Crippen molar-refractivity contribution in [3.05, 3.63) is 19.5 Å². The van der Waals surface area contributed by atoms with Crippen molar-refractivity contribution in [2.45, 2.75) is 20.3 Å². The minimum atomic E-state index is 0.691. The molecule has 1 aliphatic rings. The maximum atomic E-state index is 2.80. The quantitative estimate of drug-likeness (QED) is 0.689. The Labute approximate surface area is 80.3 Å². The van der Waals surface area contributed by atoms with E-state index in [1.54, 1.807) is 0 Å². The van der Waals surface area contributed by atoms with E-state index in [2.05, 4.69) is 61.4 Å². The molecule has 0 saturated carbocycles. The van der Waals surface area contributed by atoms with Crippen LogP contribution in [0.25, 0.3) is 0 Å². The topological polar surface area (TPSA) is 0 Å². The van der Waals surface area contributed by atoms with E-state index in [1.165, 1.54) is 7.31 Å². The first-order valence-corrected chi connectivity index (χ1v) is 4.15. The SMILES string of the molecule is CC(C)C1=[C]([Er])CC=C1. The van der Waals surface area contributed by atoms with E-state index in [0.29, 0.717) is 5.92 Å². The monoisotopic (exact) mass is 273 g/mol. The third kappa shape index (κ3) is 1.82. The molecule has 0 aromatic rings. The Morgan fingerprint density at radius 2 is 2.22 bits per heavy atom. The molecule has 0 bridgehead atoms. The van der Waals surface area contributed by atoms with E-state index >= 15 is 0 Å². The van der Waals surface area contributed by atoms with E-state index < -0.39 is 0 Å². The summed E-state index contributed by atoms with van der Waals surface area (Å²) in [7, 11) is 0. The van der Waals surface area contributed by atoms with Gasteiger partial charge in [-0.2, -0.15) is 0 Å². The van der Waals surface area contributed by atoms with Gasteiger partial charge in [0.2, 0.25) is 0 Å². The van der Waals surface area contributed by atoms with Gasteiger partial charge in [-0.15, -0.1) is 0 Å². The van der Waals surface area contributed by atoms with Gasteiger partial charge in [0.1, 0.15) is 0 Å². The van der Waals surface area contributed by atoms with Crippen LogP contribution >= 0.6 is 0 Å². The van der Waals surface area contributed by atoms with Crippen molar-refractivity contribution in [1.29, 1.82) is 0 Å². The summed E-state index contributed by atoms with van der Waals surface area (Å²) in [5.41, 5.74) is 1.50. The summed E-state index contributed by atoms with van der Waals surface area (Å²) in [5.74, 6) is 0.691. The molecule has 0 radical (unpaired) electrons. The maximum absolute atomic E-state index is 2.80. The van der Waals surface area contributed by atoms with Crippen LogP contribution in [0.1, 0.15) is 20.3 Å². The standard InChI is InChI=1S/C8H11.Er/c1-7(2)8-5-3-4-6-8;/h3,5,7H,4H2,1-2H3;. The predicted molar refractivity (Wildman–Crippen MR) is 35.6 cm³/mol. The second-order valence-corrected chi connectivity index (χ2v) is 3.69. The molecule has 0 saturated heterocycles. The molecule has 1 heteroatoms. The molecule has 1 aliphatic carbocycles. The Morgan fingerprint density at radius 3 is 2.44 bits per heavy atom. The van der Waals surface area contributed by atoms with Gasteiger partial charge in [-0.3, -0.25) is 0 Å². The zero-order valence-corrected chi connectivity index (χ0v) is 7.58. The van der Waals surface area contributed by atoms with Crippen LogP contribution in [0.3, 0.4) is 0 Å². The van der Waals surface area contributed by atoms with E-state index in [9.17, 15) is 0 Å². The molecule has 0 aliphatic heterocycles. The average molecular weight is 274 g/mol. The van der Waals surface area contributed by atoms with Gasteiger partial charge in [-0.1, -0.05) is 0 Å². The van der Waals surface area contributed by atoms with Crippen molar-refractivity contribution in [3.63, 3.8) is 0 Å². The fraction of sp³-hybridized carbons (Fsp3) is 0.500. The Kier molecular flexibility index (Phi) is 2.80. The second kappa shape index (κ2) is 3.22. The third-order valence-corrected chi connectivity index (χ3v) is 2.40. The van der Waals surface area contributed by atoms with Gasteiger partial charge in [0.25, 0.3) is 0 Å². The van der Waals surface area contributed by atoms with Crippen molar-refractivity contribution in [3.8, 4) is 0 Å². The van der Waals surface area contributed by atoms with Crippen LogP contribution in [-0.4, -0.2) is 0 Å². The molecule has 9 heavy (non-hydrogen) atoms. The van der Waals surface area contributed by atoms with Crippen molar-refractivity contribution in [1.82, 2.24) is 0 Å². The number of hydrogen-bond acceptors (Lipinski definition) is 0.